The van der Waals surface area contributed by atoms with Crippen LogP contribution in [0.4, 0.5) is 0 Å². The van der Waals surface area contributed by atoms with Gasteiger partial charge in [-0.15, -0.1) is 0 Å². The SMILES string of the molecule is Cc1nc(-c2cccc(Cl)c2)n2c1CC(N)CC2. The molecule has 0 fully saturated rings. The monoisotopic (exact) mass is 261 g/mol. The van der Waals surface area contributed by atoms with E-state index in [0.717, 1.165) is 41.5 Å². The lowest BCUT2D eigenvalue weighted by Crippen LogP contribution is -2.31. The molecule has 1 aliphatic rings. The van der Waals surface area contributed by atoms with Crippen LogP contribution in [0.25, 0.3) is 11.4 Å². The molecule has 2 heterocycles. The predicted octanol–water partition coefficient (Wildman–Crippen LogP) is 2.79. The highest BCUT2D eigenvalue weighted by Gasteiger charge is 2.22. The number of hydrogen-bond donors (Lipinski definition) is 1. The zero-order valence-corrected chi connectivity index (χ0v) is 11.1. The van der Waals surface area contributed by atoms with Crippen LogP contribution < -0.4 is 5.73 Å². The van der Waals surface area contributed by atoms with Gasteiger partial charge in [0.15, 0.2) is 0 Å². The van der Waals surface area contributed by atoms with Crippen LogP contribution in [0.1, 0.15) is 17.8 Å². The summed E-state index contributed by atoms with van der Waals surface area (Å²) >= 11 is 6.05. The highest BCUT2D eigenvalue weighted by molar-refractivity contribution is 6.30. The lowest BCUT2D eigenvalue weighted by atomic mass is 10.0. The van der Waals surface area contributed by atoms with Crippen LogP contribution >= 0.6 is 11.6 Å². The third-order valence-electron chi connectivity index (χ3n) is 3.53. The molecule has 0 saturated carbocycles. The third kappa shape index (κ3) is 1.93. The summed E-state index contributed by atoms with van der Waals surface area (Å²) in [5.74, 6) is 1.01. The Morgan fingerprint density at radius 2 is 2.28 bits per heavy atom. The van der Waals surface area contributed by atoms with Crippen LogP contribution in [0.15, 0.2) is 24.3 Å². The van der Waals surface area contributed by atoms with E-state index < -0.39 is 0 Å². The van der Waals surface area contributed by atoms with Crippen molar-refractivity contribution in [1.29, 1.82) is 0 Å². The van der Waals surface area contributed by atoms with Crippen molar-refractivity contribution < 1.29 is 0 Å². The fourth-order valence-corrected chi connectivity index (χ4v) is 2.79. The van der Waals surface area contributed by atoms with Crippen molar-refractivity contribution in [2.24, 2.45) is 5.73 Å². The number of rotatable bonds is 1. The van der Waals surface area contributed by atoms with Crippen LogP contribution in [-0.4, -0.2) is 15.6 Å². The van der Waals surface area contributed by atoms with E-state index in [1.165, 1.54) is 5.69 Å². The maximum absolute atomic E-state index is 6.05. The smallest absolute Gasteiger partial charge is 0.140 e. The number of aromatic nitrogens is 2. The summed E-state index contributed by atoms with van der Waals surface area (Å²) < 4.78 is 2.28. The number of hydrogen-bond acceptors (Lipinski definition) is 2. The first-order valence-electron chi connectivity index (χ1n) is 6.22. The zero-order chi connectivity index (χ0) is 12.7. The number of nitrogens with two attached hydrogens (primary N) is 1. The maximum atomic E-state index is 6.05. The summed E-state index contributed by atoms with van der Waals surface area (Å²) in [5, 5.41) is 0.745. The molecule has 0 bridgehead atoms. The maximum Gasteiger partial charge on any atom is 0.140 e. The van der Waals surface area contributed by atoms with Gasteiger partial charge in [-0.2, -0.15) is 0 Å². The Bertz CT molecular complexity index is 589. The normalized spacial score (nSPS) is 18.7. The molecule has 0 saturated heterocycles. The number of halogens is 1. The van der Waals surface area contributed by atoms with E-state index in [9.17, 15) is 0 Å². The standard InChI is InChI=1S/C14H16ClN3/c1-9-13-8-12(16)5-6-18(13)14(17-9)10-3-2-4-11(15)7-10/h2-4,7,12H,5-6,8,16H2,1H3. The molecule has 3 nitrogen and oxygen atoms in total. The molecule has 2 aromatic rings. The summed E-state index contributed by atoms with van der Waals surface area (Å²) in [6.07, 6.45) is 1.93. The van der Waals surface area contributed by atoms with Gasteiger partial charge in [0.2, 0.25) is 0 Å². The van der Waals surface area contributed by atoms with E-state index in [1.54, 1.807) is 0 Å². The average Bonchev–Trinajstić information content (AvgIpc) is 2.67. The number of benzene rings is 1. The number of nitrogens with zero attached hydrogens (tertiary/aromatic N) is 2. The minimum Gasteiger partial charge on any atom is -0.328 e. The molecule has 18 heavy (non-hydrogen) atoms. The van der Waals surface area contributed by atoms with E-state index in [2.05, 4.69) is 22.5 Å². The first-order chi connectivity index (χ1) is 8.65. The van der Waals surface area contributed by atoms with Crippen molar-refractivity contribution in [3.05, 3.63) is 40.7 Å². The molecule has 0 aliphatic carbocycles. The van der Waals surface area contributed by atoms with Gasteiger partial charge in [-0.25, -0.2) is 4.98 Å². The molecule has 1 aliphatic heterocycles. The third-order valence-corrected chi connectivity index (χ3v) is 3.77. The van der Waals surface area contributed by atoms with Gasteiger partial charge in [-0.05, 0) is 25.5 Å². The predicted molar refractivity (Wildman–Crippen MR) is 73.7 cm³/mol. The van der Waals surface area contributed by atoms with E-state index in [1.807, 2.05) is 18.2 Å². The summed E-state index contributed by atoms with van der Waals surface area (Å²) in [6, 6.07) is 8.12. The summed E-state index contributed by atoms with van der Waals surface area (Å²) in [4.78, 5) is 4.69. The summed E-state index contributed by atoms with van der Waals surface area (Å²) in [6.45, 7) is 3.00. The first kappa shape index (κ1) is 11.8. The number of imidazole rings is 1. The summed E-state index contributed by atoms with van der Waals surface area (Å²) in [7, 11) is 0. The molecule has 2 N–H and O–H groups in total. The van der Waals surface area contributed by atoms with Gasteiger partial charge in [0.1, 0.15) is 5.82 Å². The van der Waals surface area contributed by atoms with E-state index in [0.29, 0.717) is 0 Å². The Morgan fingerprint density at radius 3 is 3.06 bits per heavy atom. The number of fused-ring (bicyclic) bond motifs is 1. The minimum atomic E-state index is 0.264. The lowest BCUT2D eigenvalue weighted by Gasteiger charge is -2.22. The van der Waals surface area contributed by atoms with Gasteiger partial charge in [0, 0.05) is 35.3 Å². The van der Waals surface area contributed by atoms with Crippen molar-refractivity contribution >= 4 is 11.6 Å². The molecule has 1 aromatic heterocycles. The second-order valence-corrected chi connectivity index (χ2v) is 5.32. The van der Waals surface area contributed by atoms with Gasteiger partial charge in [-0.1, -0.05) is 23.7 Å². The molecule has 1 aromatic carbocycles. The molecular formula is C14H16ClN3. The Hall–Kier alpha value is -1.32. The highest BCUT2D eigenvalue weighted by Crippen LogP contribution is 2.28. The largest absolute Gasteiger partial charge is 0.328 e. The second kappa shape index (κ2) is 4.41. The molecule has 1 unspecified atom stereocenters. The highest BCUT2D eigenvalue weighted by atomic mass is 35.5. The van der Waals surface area contributed by atoms with Gasteiger partial charge in [-0.3, -0.25) is 0 Å². The van der Waals surface area contributed by atoms with Crippen molar-refractivity contribution in [2.75, 3.05) is 0 Å². The Kier molecular flexibility index (Phi) is 2.88. The molecule has 3 rings (SSSR count). The van der Waals surface area contributed by atoms with E-state index in [-0.39, 0.29) is 6.04 Å². The van der Waals surface area contributed by atoms with Crippen molar-refractivity contribution in [3.63, 3.8) is 0 Å². The van der Waals surface area contributed by atoms with Gasteiger partial charge < -0.3 is 10.3 Å². The van der Waals surface area contributed by atoms with Crippen LogP contribution in [0.2, 0.25) is 5.02 Å². The van der Waals surface area contributed by atoms with Crippen LogP contribution in [0, 0.1) is 6.92 Å². The fraction of sp³-hybridized carbons (Fsp3) is 0.357. The molecule has 0 radical (unpaired) electrons. The van der Waals surface area contributed by atoms with E-state index >= 15 is 0 Å². The molecule has 1 atom stereocenters. The molecular weight excluding hydrogens is 246 g/mol. The lowest BCUT2D eigenvalue weighted by molar-refractivity contribution is 0.473. The van der Waals surface area contributed by atoms with Crippen molar-refractivity contribution in [3.8, 4) is 11.4 Å². The fourth-order valence-electron chi connectivity index (χ4n) is 2.60. The zero-order valence-electron chi connectivity index (χ0n) is 10.4. The summed E-state index contributed by atoms with van der Waals surface area (Å²) in [5.41, 5.74) is 9.46. The Labute approximate surface area is 112 Å². The Morgan fingerprint density at radius 1 is 1.44 bits per heavy atom. The van der Waals surface area contributed by atoms with Gasteiger partial charge >= 0.3 is 0 Å². The second-order valence-electron chi connectivity index (χ2n) is 4.88. The minimum absolute atomic E-state index is 0.264. The molecule has 4 heteroatoms. The van der Waals surface area contributed by atoms with Crippen molar-refractivity contribution in [2.45, 2.75) is 32.4 Å². The Balaban J connectivity index is 2.11. The van der Waals surface area contributed by atoms with Crippen LogP contribution in [-0.2, 0) is 13.0 Å². The van der Waals surface area contributed by atoms with Crippen molar-refractivity contribution in [1.82, 2.24) is 9.55 Å². The van der Waals surface area contributed by atoms with Crippen LogP contribution in [0.5, 0.6) is 0 Å². The molecule has 0 spiro atoms. The quantitative estimate of drug-likeness (QED) is 0.858. The molecule has 94 valence electrons. The van der Waals surface area contributed by atoms with Crippen LogP contribution in [0.3, 0.4) is 0 Å². The number of aryl methyl sites for hydroxylation is 1. The van der Waals surface area contributed by atoms with Gasteiger partial charge in [0.25, 0.3) is 0 Å². The first-order valence-corrected chi connectivity index (χ1v) is 6.60. The van der Waals surface area contributed by atoms with Gasteiger partial charge in [0.05, 0.1) is 5.69 Å². The van der Waals surface area contributed by atoms with E-state index in [4.69, 9.17) is 17.3 Å². The molecule has 0 amide bonds. The average molecular weight is 262 g/mol. The topological polar surface area (TPSA) is 43.8 Å².